The average Bonchev–Trinajstić information content (AvgIpc) is 3.86. The predicted octanol–water partition coefficient (Wildman–Crippen LogP) is 12.6. The molecule has 2 aromatic carbocycles. The Labute approximate surface area is 451 Å². The highest BCUT2D eigenvalue weighted by atomic mass is 31.2. The minimum atomic E-state index is -3.16. The number of nitrogens with one attached hydrogen (secondary N) is 1. The first-order chi connectivity index (χ1) is 37.0. The molecule has 4 aliphatic carbocycles. The van der Waals surface area contributed by atoms with Crippen LogP contribution in [0.2, 0.25) is 0 Å². The molecule has 0 bridgehead atoms. The molecule has 2 saturated heterocycles. The Morgan fingerprint density at radius 2 is 1.30 bits per heavy atom. The number of carbonyl (C=O) groups excluding carboxylic acids is 3. The number of esters is 2. The highest BCUT2D eigenvalue weighted by molar-refractivity contribution is 7.53. The highest BCUT2D eigenvalue weighted by Crippen LogP contribution is 2.56. The molecule has 14 nitrogen and oxygen atoms in total. The number of carboxylic acid groups (broad SMARTS) is 1. The van der Waals surface area contributed by atoms with Crippen molar-refractivity contribution in [3.05, 3.63) is 114 Å². The first-order valence-electron chi connectivity index (χ1n) is 27.5. The first kappa shape index (κ1) is 57.3. The smallest absolute Gasteiger partial charge is 0.407 e. The lowest BCUT2D eigenvalue weighted by molar-refractivity contribution is -0.153. The number of cyclic esters (lactones) is 2. The molecule has 2 aliphatic heterocycles. The number of amides is 1. The van der Waals surface area contributed by atoms with Crippen LogP contribution in [0.25, 0.3) is 28.3 Å². The van der Waals surface area contributed by atoms with Gasteiger partial charge in [0.1, 0.15) is 23.8 Å². The van der Waals surface area contributed by atoms with E-state index in [4.69, 9.17) is 23.3 Å². The number of hydrogen-bond acceptors (Lipinski definition) is 12. The fraction of sp³-hybridized carbons (Fsp3) is 0.533. The summed E-state index contributed by atoms with van der Waals surface area (Å²) in [4.78, 5) is 57.0. The molecule has 14 atom stereocenters. The molecular formula is C60H74F2N3O11P. The summed E-state index contributed by atoms with van der Waals surface area (Å²) < 4.78 is 65.6. The number of aromatic nitrogens is 2. The van der Waals surface area contributed by atoms with Gasteiger partial charge in [-0.25, -0.2) is 13.6 Å². The summed E-state index contributed by atoms with van der Waals surface area (Å²) in [6, 6.07) is 20.4. The van der Waals surface area contributed by atoms with E-state index in [0.717, 1.165) is 53.1 Å². The number of carbonyl (C=O) groups is 4. The summed E-state index contributed by atoms with van der Waals surface area (Å²) in [5.41, 5.74) is 4.78. The Balaban J connectivity index is 0.000000156. The molecule has 0 spiro atoms. The number of pyridine rings is 2. The number of halogens is 2. The molecule has 0 unspecified atom stereocenters. The molecular weight excluding hydrogens is 1010 g/mol. The Kier molecular flexibility index (Phi) is 19.2. The van der Waals surface area contributed by atoms with Gasteiger partial charge in [0.05, 0.1) is 55.1 Å². The van der Waals surface area contributed by atoms with Crippen molar-refractivity contribution in [2.75, 3.05) is 19.8 Å². The van der Waals surface area contributed by atoms with Gasteiger partial charge in [-0.3, -0.25) is 28.9 Å². The predicted molar refractivity (Wildman–Crippen MR) is 287 cm³/mol. The minimum Gasteiger partial charge on any atom is -0.481 e. The van der Waals surface area contributed by atoms with E-state index in [-0.39, 0.29) is 83.5 Å². The second-order valence-electron chi connectivity index (χ2n) is 21.7. The first-order valence-corrected chi connectivity index (χ1v) is 29.3. The monoisotopic (exact) mass is 1080 g/mol. The van der Waals surface area contributed by atoms with Crippen LogP contribution in [0, 0.1) is 76.7 Å². The number of carboxylic acids is 1. The van der Waals surface area contributed by atoms with Crippen LogP contribution in [-0.2, 0) is 48.4 Å². The summed E-state index contributed by atoms with van der Waals surface area (Å²) >= 11 is 0. The third kappa shape index (κ3) is 13.9. The molecule has 2 N–H and O–H groups in total. The van der Waals surface area contributed by atoms with Gasteiger partial charge in [-0.2, -0.15) is 0 Å². The Morgan fingerprint density at radius 1 is 0.714 bits per heavy atom. The van der Waals surface area contributed by atoms with Crippen LogP contribution in [0.15, 0.2) is 91.3 Å². The van der Waals surface area contributed by atoms with E-state index in [1.54, 1.807) is 58.3 Å². The summed E-state index contributed by atoms with van der Waals surface area (Å²) in [6.07, 6.45) is 14.7. The lowest BCUT2D eigenvalue weighted by Crippen LogP contribution is -2.51. The number of nitrogens with zero attached hydrogens (tertiary/aromatic N) is 2. The Morgan fingerprint density at radius 3 is 1.86 bits per heavy atom. The lowest BCUT2D eigenvalue weighted by atomic mass is 9.56. The number of ether oxygens (including phenoxy) is 3. The molecule has 6 aliphatic rings. The van der Waals surface area contributed by atoms with Crippen LogP contribution in [-0.4, -0.2) is 77.1 Å². The van der Waals surface area contributed by atoms with Gasteiger partial charge >= 0.3 is 31.6 Å². The van der Waals surface area contributed by atoms with Crippen LogP contribution < -0.4 is 5.32 Å². The van der Waals surface area contributed by atoms with Gasteiger partial charge in [0.15, 0.2) is 0 Å². The van der Waals surface area contributed by atoms with Gasteiger partial charge in [-0.05, 0) is 169 Å². The third-order valence-corrected chi connectivity index (χ3v) is 18.8. The van der Waals surface area contributed by atoms with E-state index in [2.05, 4.69) is 41.3 Å². The van der Waals surface area contributed by atoms with Crippen molar-refractivity contribution in [2.45, 2.75) is 117 Å². The lowest BCUT2D eigenvalue weighted by Gasteiger charge is -2.47. The van der Waals surface area contributed by atoms with Crippen molar-refractivity contribution < 1.29 is 60.9 Å². The molecule has 414 valence electrons. The molecule has 0 radical (unpaired) electrons. The molecule has 4 heterocycles. The number of hydrogen-bond donors (Lipinski definition) is 2. The van der Waals surface area contributed by atoms with Crippen molar-refractivity contribution in [3.8, 4) is 22.3 Å². The maximum Gasteiger partial charge on any atom is 0.407 e. The number of alkyl carbamates (subject to hydrolysis) is 1. The fourth-order valence-corrected chi connectivity index (χ4v) is 15.2. The van der Waals surface area contributed by atoms with Gasteiger partial charge in [0.2, 0.25) is 0 Å². The number of rotatable bonds is 13. The molecule has 4 saturated carbocycles. The number of benzene rings is 2. The van der Waals surface area contributed by atoms with Crippen LogP contribution in [0.5, 0.6) is 0 Å². The molecule has 10 rings (SSSR count). The third-order valence-electron chi connectivity index (χ3n) is 16.8. The topological polar surface area (TPSA) is 190 Å². The summed E-state index contributed by atoms with van der Waals surface area (Å²) in [5, 5.41) is 12.6. The highest BCUT2D eigenvalue weighted by Gasteiger charge is 2.58. The van der Waals surface area contributed by atoms with Gasteiger partial charge < -0.3 is 33.7 Å². The quantitative estimate of drug-likeness (QED) is 0.0731. The molecule has 17 heteroatoms. The van der Waals surface area contributed by atoms with Crippen molar-refractivity contribution >= 4 is 37.7 Å². The minimum absolute atomic E-state index is 0.00477. The van der Waals surface area contributed by atoms with Gasteiger partial charge in [0.25, 0.3) is 0 Å². The van der Waals surface area contributed by atoms with Gasteiger partial charge in [-0.1, -0.05) is 55.8 Å². The van der Waals surface area contributed by atoms with E-state index >= 15 is 0 Å². The summed E-state index contributed by atoms with van der Waals surface area (Å²) in [7, 11) is -3.16. The zero-order valence-corrected chi connectivity index (χ0v) is 45.8. The van der Waals surface area contributed by atoms with E-state index in [1.807, 2.05) is 30.3 Å². The van der Waals surface area contributed by atoms with E-state index in [1.165, 1.54) is 43.5 Å². The largest absolute Gasteiger partial charge is 0.481 e. The summed E-state index contributed by atoms with van der Waals surface area (Å²) in [5.74, 6) is 0.0645. The van der Waals surface area contributed by atoms with Gasteiger partial charge in [0, 0.05) is 41.4 Å². The second kappa shape index (κ2) is 25.8. The van der Waals surface area contributed by atoms with E-state index < -0.39 is 25.6 Å². The van der Waals surface area contributed by atoms with E-state index in [9.17, 15) is 37.6 Å². The molecule has 2 aromatic heterocycles. The molecule has 4 aromatic rings. The van der Waals surface area contributed by atoms with Crippen LogP contribution in [0.1, 0.15) is 104 Å². The van der Waals surface area contributed by atoms with Crippen LogP contribution >= 0.6 is 7.60 Å². The van der Waals surface area contributed by atoms with Crippen molar-refractivity contribution in [1.82, 2.24) is 15.3 Å². The summed E-state index contributed by atoms with van der Waals surface area (Å²) in [6.45, 7) is 12.4. The normalized spacial score (nSPS) is 30.1. The molecule has 6 fully saturated rings. The number of aliphatic carboxylic acids is 1. The maximum absolute atomic E-state index is 13.5. The van der Waals surface area contributed by atoms with Crippen LogP contribution in [0.4, 0.5) is 13.6 Å². The zero-order chi connectivity index (χ0) is 55.0. The molecule has 77 heavy (non-hydrogen) atoms. The van der Waals surface area contributed by atoms with Crippen molar-refractivity contribution in [1.29, 1.82) is 0 Å². The van der Waals surface area contributed by atoms with Crippen molar-refractivity contribution in [3.63, 3.8) is 0 Å². The fourth-order valence-electron chi connectivity index (χ4n) is 13.6. The molecule has 1 amide bonds. The van der Waals surface area contributed by atoms with Crippen molar-refractivity contribution in [2.24, 2.45) is 65.1 Å². The average molecular weight is 1080 g/mol. The van der Waals surface area contributed by atoms with E-state index in [0.29, 0.717) is 56.1 Å². The number of fused-ring (bicyclic) bond motifs is 4. The standard InChI is InChI=1S/C27H30FNO2.C17H25NO6.C16H19FNO3P/c1-16-6-10-23-20(12-16)14-25-26(17(2)31-27(25)30)24(23)11-9-22-8-7-19(15-29-22)18-4-3-5-21(28)13-18;1-3-23-17(22)18-10-4-5-11-9(6-10)7-12-13(14(11)15(19)20)8(2)24-16(12)21;1-3-20-22(19,21-4-2)12-16-9-8-14(11-18-16)13-6-5-7-15(17)10-13/h3-5,7-9,11,13,15-17,20,23-26H,6,10,12,14H2,1-2H3;8-14H,3-7H2,1-2H3,(H,18,22)(H,19,20);5-11H,3-4,12H2,1-2H3/b11-9+;;/t16-,17-,20+,23-,24+,25-,26+;8-,9+,10-,11-,12-,13-,14+;/m11./s1. The van der Waals surface area contributed by atoms with Gasteiger partial charge in [-0.15, -0.1) is 0 Å². The maximum atomic E-state index is 13.5. The zero-order valence-electron chi connectivity index (χ0n) is 44.9. The Bertz CT molecular complexity index is 2750. The second-order valence-corrected chi connectivity index (χ2v) is 23.8. The van der Waals surface area contributed by atoms with Crippen LogP contribution in [0.3, 0.4) is 0 Å². The Hall–Kier alpha value is -5.83. The number of allylic oxidation sites excluding steroid dienone is 1. The SMILES string of the molecule is CCOC(=O)N[C@@H]1CC[C@@H]2[C@@H](C1)C[C@H]1C(=O)O[C@H](C)[C@H]1[C@H]2C(=O)O.CCOP(=O)(Cc1ccc(-c2cccc(F)c2)cn1)OCC.C[C@@H]1CC[C@@H]2[C@@H](C1)C[C@H]1C(=O)O[C@H](C)[C@H]1[C@H]2/C=C/c1ccc(-c2cccc(F)c2)cn1.